The zero-order valence-corrected chi connectivity index (χ0v) is 9.03. The summed E-state index contributed by atoms with van der Waals surface area (Å²) in [5, 5.41) is 1.48. The molecule has 0 bridgehead atoms. The predicted molar refractivity (Wildman–Crippen MR) is 59.2 cm³/mol. The second kappa shape index (κ2) is 5.37. The molecule has 0 fully saturated rings. The highest BCUT2D eigenvalue weighted by atomic mass is 35.5. The van der Waals surface area contributed by atoms with Crippen molar-refractivity contribution in [1.29, 1.82) is 0 Å². The summed E-state index contributed by atoms with van der Waals surface area (Å²) >= 11 is 12.6. The summed E-state index contributed by atoms with van der Waals surface area (Å²) in [7, 11) is 0. The number of nitrogen functional groups attached to an aromatic ring is 1. The average molecular weight is 235 g/mol. The summed E-state index contributed by atoms with van der Waals surface area (Å²) < 4.78 is 0. The summed E-state index contributed by atoms with van der Waals surface area (Å²) in [5.74, 6) is 0.627. The normalized spacial score (nSPS) is 11.7. The molecular weight excluding hydrogens is 227 g/mol. The van der Waals surface area contributed by atoms with Gasteiger partial charge in [0.05, 0.1) is 16.9 Å². The van der Waals surface area contributed by atoms with E-state index in [0.29, 0.717) is 16.5 Å². The molecule has 1 aromatic rings. The first-order chi connectivity index (χ1) is 6.22. The molecule has 1 heterocycles. The van der Waals surface area contributed by atoms with Crippen LogP contribution in [-0.2, 0) is 0 Å². The highest BCUT2D eigenvalue weighted by Gasteiger charge is 1.97. The summed E-state index contributed by atoms with van der Waals surface area (Å²) in [5.41, 5.74) is 7.49. The van der Waals surface area contributed by atoms with Crippen molar-refractivity contribution in [2.45, 2.75) is 5.03 Å². The Balaban J connectivity index is 2.51. The van der Waals surface area contributed by atoms with E-state index in [1.54, 1.807) is 12.3 Å². The van der Waals surface area contributed by atoms with Gasteiger partial charge in [0, 0.05) is 16.3 Å². The molecule has 0 aliphatic heterocycles. The second-order valence-electron chi connectivity index (χ2n) is 2.27. The van der Waals surface area contributed by atoms with E-state index in [1.165, 1.54) is 17.3 Å². The minimum atomic E-state index is 0.602. The van der Waals surface area contributed by atoms with Gasteiger partial charge >= 0.3 is 0 Å². The topological polar surface area (TPSA) is 38.9 Å². The largest absolute Gasteiger partial charge is 0.397 e. The van der Waals surface area contributed by atoms with Gasteiger partial charge in [-0.25, -0.2) is 4.98 Å². The lowest BCUT2D eigenvalue weighted by molar-refractivity contribution is 1.14. The zero-order chi connectivity index (χ0) is 9.68. The summed E-state index contributed by atoms with van der Waals surface area (Å²) in [6, 6.07) is 3.64. The van der Waals surface area contributed by atoms with Crippen LogP contribution in [-0.4, -0.2) is 10.7 Å². The van der Waals surface area contributed by atoms with Gasteiger partial charge in [0.25, 0.3) is 0 Å². The smallest absolute Gasteiger partial charge is 0.0965 e. The lowest BCUT2D eigenvalue weighted by atomic mass is 10.4. The number of nitrogens with two attached hydrogens (primary N) is 1. The number of hydrogen-bond acceptors (Lipinski definition) is 3. The molecule has 0 saturated heterocycles. The van der Waals surface area contributed by atoms with Crippen LogP contribution < -0.4 is 5.73 Å². The second-order valence-corrected chi connectivity index (χ2v) is 3.97. The fourth-order valence-corrected chi connectivity index (χ4v) is 1.64. The number of nitrogens with zero attached hydrogens (tertiary/aromatic N) is 1. The van der Waals surface area contributed by atoms with Crippen LogP contribution in [0.25, 0.3) is 0 Å². The highest BCUT2D eigenvalue weighted by molar-refractivity contribution is 7.99. The number of anilines is 1. The van der Waals surface area contributed by atoms with Crippen molar-refractivity contribution < 1.29 is 0 Å². The maximum Gasteiger partial charge on any atom is 0.0965 e. The number of rotatable bonds is 3. The van der Waals surface area contributed by atoms with Crippen molar-refractivity contribution in [3.63, 3.8) is 0 Å². The molecule has 0 saturated carbocycles. The number of thioether (sulfide) groups is 1. The molecule has 2 nitrogen and oxygen atoms in total. The first-order valence-electron chi connectivity index (χ1n) is 3.51. The van der Waals surface area contributed by atoms with Crippen LogP contribution in [0.5, 0.6) is 0 Å². The van der Waals surface area contributed by atoms with Gasteiger partial charge in [-0.15, -0.1) is 11.8 Å². The summed E-state index contributed by atoms with van der Waals surface area (Å²) in [6.07, 6.45) is 1.61. The van der Waals surface area contributed by atoms with Crippen molar-refractivity contribution >= 4 is 40.7 Å². The fraction of sp³-hybridized carbons (Fsp3) is 0.125. The van der Waals surface area contributed by atoms with E-state index in [9.17, 15) is 0 Å². The van der Waals surface area contributed by atoms with Crippen molar-refractivity contribution in [3.05, 3.63) is 28.9 Å². The molecule has 0 aliphatic carbocycles. The number of hydrogen-bond donors (Lipinski definition) is 1. The third-order valence-electron chi connectivity index (χ3n) is 1.24. The van der Waals surface area contributed by atoms with Gasteiger partial charge in [0.15, 0.2) is 0 Å². The Morgan fingerprint density at radius 2 is 2.38 bits per heavy atom. The van der Waals surface area contributed by atoms with Crippen LogP contribution >= 0.6 is 35.0 Å². The van der Waals surface area contributed by atoms with Crippen LogP contribution in [0.3, 0.4) is 0 Å². The van der Waals surface area contributed by atoms with E-state index in [1.807, 2.05) is 6.07 Å². The standard InChI is InChI=1S/C8H8Cl2N2S/c9-3-6(10)5-13-8-2-1-7(11)4-12-8/h1-4H,5,11H2/b6-3-. The third-order valence-corrected chi connectivity index (χ3v) is 3.00. The van der Waals surface area contributed by atoms with Crippen LogP contribution in [0.15, 0.2) is 33.9 Å². The first-order valence-corrected chi connectivity index (χ1v) is 5.31. The first kappa shape index (κ1) is 10.7. The monoisotopic (exact) mass is 234 g/mol. The molecule has 0 unspecified atom stereocenters. The molecule has 1 aromatic heterocycles. The van der Waals surface area contributed by atoms with E-state index in [2.05, 4.69) is 4.98 Å². The van der Waals surface area contributed by atoms with E-state index < -0.39 is 0 Å². The molecule has 0 amide bonds. The SMILES string of the molecule is Nc1ccc(SC/C(Cl)=C/Cl)nc1. The Bertz CT molecular complexity index is 298. The van der Waals surface area contributed by atoms with Gasteiger partial charge in [-0.05, 0) is 12.1 Å². The van der Waals surface area contributed by atoms with Gasteiger partial charge < -0.3 is 5.73 Å². The zero-order valence-electron chi connectivity index (χ0n) is 6.71. The van der Waals surface area contributed by atoms with Crippen LogP contribution in [0.2, 0.25) is 0 Å². The van der Waals surface area contributed by atoms with Gasteiger partial charge in [0.2, 0.25) is 0 Å². The highest BCUT2D eigenvalue weighted by Crippen LogP contribution is 2.20. The van der Waals surface area contributed by atoms with Crippen molar-refractivity contribution in [2.24, 2.45) is 0 Å². The van der Waals surface area contributed by atoms with E-state index >= 15 is 0 Å². The Kier molecular flexibility index (Phi) is 4.42. The molecule has 0 radical (unpaired) electrons. The maximum absolute atomic E-state index is 5.70. The van der Waals surface area contributed by atoms with E-state index in [0.717, 1.165) is 5.03 Å². The lowest BCUT2D eigenvalue weighted by Crippen LogP contribution is -1.87. The Hall–Kier alpha value is -0.380. The maximum atomic E-state index is 5.70. The van der Waals surface area contributed by atoms with Crippen LogP contribution in [0.4, 0.5) is 5.69 Å². The Morgan fingerprint density at radius 1 is 1.62 bits per heavy atom. The van der Waals surface area contributed by atoms with Gasteiger partial charge in [-0.2, -0.15) is 0 Å². The molecule has 2 N–H and O–H groups in total. The number of pyridine rings is 1. The molecule has 1 rings (SSSR count). The van der Waals surface area contributed by atoms with Crippen molar-refractivity contribution in [3.8, 4) is 0 Å². The minimum Gasteiger partial charge on any atom is -0.397 e. The summed E-state index contributed by atoms with van der Waals surface area (Å²) in [6.45, 7) is 0. The molecular formula is C8H8Cl2N2S. The number of halogens is 2. The van der Waals surface area contributed by atoms with Crippen molar-refractivity contribution in [2.75, 3.05) is 11.5 Å². The quantitative estimate of drug-likeness (QED) is 0.818. The predicted octanol–water partition coefficient (Wildman–Crippen LogP) is 3.07. The van der Waals surface area contributed by atoms with Gasteiger partial charge in [-0.1, -0.05) is 23.2 Å². The summed E-state index contributed by atoms with van der Waals surface area (Å²) in [4.78, 5) is 4.09. The van der Waals surface area contributed by atoms with Crippen molar-refractivity contribution in [1.82, 2.24) is 4.98 Å². The molecule has 70 valence electrons. The number of aromatic nitrogens is 1. The average Bonchev–Trinajstić information content (AvgIpc) is 2.16. The minimum absolute atomic E-state index is 0.602. The van der Waals surface area contributed by atoms with E-state index in [4.69, 9.17) is 28.9 Å². The lowest BCUT2D eigenvalue weighted by Gasteiger charge is -1.99. The molecule has 0 spiro atoms. The molecule has 0 atom stereocenters. The van der Waals surface area contributed by atoms with Gasteiger partial charge in [0.1, 0.15) is 0 Å². The molecule has 0 aromatic carbocycles. The van der Waals surface area contributed by atoms with Gasteiger partial charge in [-0.3, -0.25) is 0 Å². The third kappa shape index (κ3) is 3.89. The van der Waals surface area contributed by atoms with Crippen LogP contribution in [0.1, 0.15) is 0 Å². The fourth-order valence-electron chi connectivity index (χ4n) is 0.651. The van der Waals surface area contributed by atoms with E-state index in [-0.39, 0.29) is 0 Å². The molecule has 0 aliphatic rings. The Morgan fingerprint density at radius 3 is 2.92 bits per heavy atom. The molecule has 5 heteroatoms. The molecule has 13 heavy (non-hydrogen) atoms. The Labute approximate surface area is 91.1 Å². The van der Waals surface area contributed by atoms with Crippen LogP contribution in [0, 0.1) is 0 Å².